The second-order valence-electron chi connectivity index (χ2n) is 10.7. The van der Waals surface area contributed by atoms with Gasteiger partial charge in [-0.1, -0.05) is 0 Å². The van der Waals surface area contributed by atoms with Gasteiger partial charge in [-0.3, -0.25) is 14.5 Å². The van der Waals surface area contributed by atoms with Crippen molar-refractivity contribution in [1.82, 2.24) is 4.90 Å². The first-order valence-corrected chi connectivity index (χ1v) is 13.6. The van der Waals surface area contributed by atoms with Gasteiger partial charge in [-0.25, -0.2) is 0 Å². The van der Waals surface area contributed by atoms with Gasteiger partial charge in [0.2, 0.25) is 0 Å². The van der Waals surface area contributed by atoms with Crippen LogP contribution in [-0.4, -0.2) is 71.6 Å². The molecule has 0 bridgehead atoms. The molecule has 2 N–H and O–H groups in total. The maximum atomic E-state index is 11.4. The van der Waals surface area contributed by atoms with Crippen LogP contribution in [0.5, 0.6) is 23.0 Å². The van der Waals surface area contributed by atoms with Crippen molar-refractivity contribution in [3.8, 4) is 23.0 Å². The zero-order valence-corrected chi connectivity index (χ0v) is 25.5. The molecule has 0 saturated heterocycles. The zero-order valence-electron chi connectivity index (χ0n) is 25.5. The third-order valence-electron chi connectivity index (χ3n) is 6.93. The van der Waals surface area contributed by atoms with Gasteiger partial charge in [-0.15, -0.1) is 0 Å². The number of esters is 2. The lowest BCUT2D eigenvalue weighted by atomic mass is 10.0. The Labute approximate surface area is 238 Å². The van der Waals surface area contributed by atoms with Crippen molar-refractivity contribution in [3.05, 3.63) is 45.5 Å². The van der Waals surface area contributed by atoms with Crippen molar-refractivity contribution < 1.29 is 38.7 Å². The van der Waals surface area contributed by atoms with Crippen LogP contribution in [0.2, 0.25) is 0 Å². The van der Waals surface area contributed by atoms with E-state index in [1.54, 1.807) is 12.1 Å². The van der Waals surface area contributed by atoms with E-state index >= 15 is 0 Å². The third kappa shape index (κ3) is 8.94. The van der Waals surface area contributed by atoms with Crippen LogP contribution in [-0.2, 0) is 9.59 Å². The summed E-state index contributed by atoms with van der Waals surface area (Å²) in [5, 5.41) is 21.5. The van der Waals surface area contributed by atoms with Gasteiger partial charge in [-0.2, -0.15) is 0 Å². The van der Waals surface area contributed by atoms with Crippen molar-refractivity contribution in [3.63, 3.8) is 0 Å². The number of nitrogens with zero attached hydrogens (tertiary/aromatic N) is 1. The number of hydrogen-bond donors (Lipinski definition) is 2. The van der Waals surface area contributed by atoms with Gasteiger partial charge in [0, 0.05) is 33.0 Å². The Morgan fingerprint density at radius 1 is 0.700 bits per heavy atom. The van der Waals surface area contributed by atoms with Crippen molar-refractivity contribution in [2.75, 3.05) is 26.3 Å². The zero-order chi connectivity index (χ0) is 30.3. The van der Waals surface area contributed by atoms with Gasteiger partial charge in [-0.05, 0) is 101 Å². The van der Waals surface area contributed by atoms with E-state index in [9.17, 15) is 19.8 Å². The predicted molar refractivity (Wildman–Crippen MR) is 154 cm³/mol. The number of rotatable bonds is 13. The fourth-order valence-electron chi connectivity index (χ4n) is 4.46. The molecule has 0 amide bonds. The number of aliphatic hydroxyl groups is 2. The Kier molecular flexibility index (Phi) is 12.0. The van der Waals surface area contributed by atoms with E-state index in [0.717, 1.165) is 33.4 Å². The van der Waals surface area contributed by atoms with E-state index in [1.807, 2.05) is 60.3 Å². The van der Waals surface area contributed by atoms with Gasteiger partial charge >= 0.3 is 11.9 Å². The maximum absolute atomic E-state index is 11.4. The first kappa shape index (κ1) is 33.1. The lowest BCUT2D eigenvalue weighted by molar-refractivity contribution is -0.132. The molecule has 2 aromatic rings. The largest absolute Gasteiger partial charge is 0.491 e. The molecule has 0 saturated carbocycles. The van der Waals surface area contributed by atoms with Crippen LogP contribution in [0.3, 0.4) is 0 Å². The molecule has 0 radical (unpaired) electrons. The molecule has 0 aliphatic carbocycles. The molecule has 40 heavy (non-hydrogen) atoms. The highest BCUT2D eigenvalue weighted by Gasteiger charge is 2.21. The number of hydrogen-bond acceptors (Lipinski definition) is 9. The lowest BCUT2D eigenvalue weighted by Crippen LogP contribution is -2.45. The Balaban J connectivity index is 1.99. The normalized spacial score (nSPS) is 12.8. The van der Waals surface area contributed by atoms with E-state index in [1.165, 1.54) is 13.8 Å². The van der Waals surface area contributed by atoms with Crippen LogP contribution in [0.15, 0.2) is 12.1 Å². The van der Waals surface area contributed by atoms with Gasteiger partial charge in [0.1, 0.15) is 48.4 Å². The number of carbonyl (C=O) groups is 2. The summed E-state index contributed by atoms with van der Waals surface area (Å²) >= 11 is 0. The number of aliphatic hydroxyl groups excluding tert-OH is 2. The summed E-state index contributed by atoms with van der Waals surface area (Å²) in [6, 6.07) is 3.67. The quantitative estimate of drug-likeness (QED) is 0.274. The SMILES string of the molecule is CC(=O)Oc1c(C)cc(OC[C@@H](O)CN(C[C@@H](O)COc2cc(C)c(OC(C)=O)c(C)c2C)C(C)C)c(C)c1C. The Hall–Kier alpha value is -3.14. The van der Waals surface area contributed by atoms with E-state index in [2.05, 4.69) is 0 Å². The molecule has 222 valence electrons. The number of ether oxygens (including phenoxy) is 4. The molecule has 0 aliphatic heterocycles. The molecule has 2 atom stereocenters. The first-order valence-electron chi connectivity index (χ1n) is 13.6. The summed E-state index contributed by atoms with van der Waals surface area (Å²) in [4.78, 5) is 24.8. The third-order valence-corrected chi connectivity index (χ3v) is 6.93. The second kappa shape index (κ2) is 14.5. The molecular weight excluding hydrogens is 514 g/mol. The minimum Gasteiger partial charge on any atom is -0.491 e. The molecule has 0 fully saturated rings. The average Bonchev–Trinajstić information content (AvgIpc) is 2.86. The molecule has 0 aromatic heterocycles. The van der Waals surface area contributed by atoms with Gasteiger partial charge < -0.3 is 29.2 Å². The molecule has 0 unspecified atom stereocenters. The van der Waals surface area contributed by atoms with Crippen molar-refractivity contribution in [1.29, 1.82) is 0 Å². The second-order valence-corrected chi connectivity index (χ2v) is 10.7. The molecule has 0 spiro atoms. The lowest BCUT2D eigenvalue weighted by Gasteiger charge is -2.31. The van der Waals surface area contributed by atoms with Gasteiger partial charge in [0.05, 0.1) is 0 Å². The fourth-order valence-corrected chi connectivity index (χ4v) is 4.46. The highest BCUT2D eigenvalue weighted by atomic mass is 16.5. The topological polar surface area (TPSA) is 115 Å². The van der Waals surface area contributed by atoms with Crippen LogP contribution < -0.4 is 18.9 Å². The van der Waals surface area contributed by atoms with E-state index < -0.39 is 12.2 Å². The first-order chi connectivity index (χ1) is 18.6. The standard InChI is InChI=1S/C31H45NO8/c1-17(2)32(13-26(35)15-37-28-11-18(3)30(39-24(9)33)22(7)20(28)5)14-27(36)16-38-29-12-19(4)31(40-25(10)34)23(8)21(29)6/h11-12,17,26-27,35-36H,13-16H2,1-10H3/t26-,27+. The van der Waals surface area contributed by atoms with Crippen molar-refractivity contribution >= 4 is 11.9 Å². The summed E-state index contributed by atoms with van der Waals surface area (Å²) in [6.45, 7) is 18.6. The Bertz CT molecular complexity index is 1120. The van der Waals surface area contributed by atoms with Crippen molar-refractivity contribution in [2.24, 2.45) is 0 Å². The molecular formula is C31H45NO8. The van der Waals surface area contributed by atoms with E-state index in [-0.39, 0.29) is 31.2 Å². The average molecular weight is 560 g/mol. The Morgan fingerprint density at radius 3 is 1.35 bits per heavy atom. The summed E-state index contributed by atoms with van der Waals surface area (Å²) in [7, 11) is 0. The molecule has 9 nitrogen and oxygen atoms in total. The summed E-state index contributed by atoms with van der Waals surface area (Å²) in [5.74, 6) is 1.54. The van der Waals surface area contributed by atoms with Crippen LogP contribution >= 0.6 is 0 Å². The van der Waals surface area contributed by atoms with Crippen LogP contribution in [0, 0.1) is 41.5 Å². The molecule has 0 heterocycles. The predicted octanol–water partition coefficient (Wildman–Crippen LogP) is 4.28. The van der Waals surface area contributed by atoms with Crippen LogP contribution in [0.25, 0.3) is 0 Å². The molecule has 0 aliphatic rings. The highest BCUT2D eigenvalue weighted by Crippen LogP contribution is 2.34. The van der Waals surface area contributed by atoms with Crippen LogP contribution in [0.1, 0.15) is 61.1 Å². The summed E-state index contributed by atoms with van der Waals surface area (Å²) in [6.07, 6.45) is -1.60. The highest BCUT2D eigenvalue weighted by molar-refractivity contribution is 5.72. The molecule has 9 heteroatoms. The smallest absolute Gasteiger partial charge is 0.308 e. The number of benzene rings is 2. The van der Waals surface area contributed by atoms with E-state index in [4.69, 9.17) is 18.9 Å². The van der Waals surface area contributed by atoms with E-state index in [0.29, 0.717) is 36.1 Å². The van der Waals surface area contributed by atoms with Gasteiger partial charge in [0.25, 0.3) is 0 Å². The summed E-state index contributed by atoms with van der Waals surface area (Å²) in [5.41, 5.74) is 4.85. The van der Waals surface area contributed by atoms with Crippen molar-refractivity contribution in [2.45, 2.75) is 87.5 Å². The fraction of sp³-hybridized carbons (Fsp3) is 0.548. The van der Waals surface area contributed by atoms with Crippen LogP contribution in [0.4, 0.5) is 0 Å². The Morgan fingerprint density at radius 2 is 1.05 bits per heavy atom. The maximum Gasteiger partial charge on any atom is 0.308 e. The monoisotopic (exact) mass is 559 g/mol. The molecule has 2 aromatic carbocycles. The number of aryl methyl sites for hydroxylation is 2. The summed E-state index contributed by atoms with van der Waals surface area (Å²) < 4.78 is 22.6. The van der Waals surface area contributed by atoms with Gasteiger partial charge in [0.15, 0.2) is 0 Å². The minimum absolute atomic E-state index is 0.0628. The minimum atomic E-state index is -0.801. The molecule has 2 rings (SSSR count). The number of carbonyl (C=O) groups excluding carboxylic acids is 2.